The van der Waals surface area contributed by atoms with Crippen LogP contribution in [0.3, 0.4) is 0 Å². The number of anilines is 1. The van der Waals surface area contributed by atoms with E-state index in [1.165, 1.54) is 6.07 Å². The molecule has 0 bridgehead atoms. The minimum Gasteiger partial charge on any atom is -0.397 e. The predicted octanol–water partition coefficient (Wildman–Crippen LogP) is 0.668. The molecule has 0 radical (unpaired) electrons. The Morgan fingerprint density at radius 3 is 2.39 bits per heavy atom. The number of hydrogen-bond acceptors (Lipinski definition) is 4. The Kier molecular flexibility index (Phi) is 2.80. The van der Waals surface area contributed by atoms with E-state index in [1.54, 1.807) is 12.1 Å². The van der Waals surface area contributed by atoms with Crippen LogP contribution in [0.2, 0.25) is 5.02 Å². The molecule has 7 heteroatoms. The number of primary amides is 2. The Hall–Kier alpha value is -2.34. The van der Waals surface area contributed by atoms with E-state index in [1.807, 2.05) is 0 Å². The van der Waals surface area contributed by atoms with Crippen molar-refractivity contribution in [3.63, 3.8) is 0 Å². The van der Waals surface area contributed by atoms with Gasteiger partial charge < -0.3 is 17.2 Å². The van der Waals surface area contributed by atoms with Gasteiger partial charge in [-0.1, -0.05) is 11.6 Å². The van der Waals surface area contributed by atoms with Crippen LogP contribution in [-0.2, 0) is 0 Å². The van der Waals surface area contributed by atoms with Crippen molar-refractivity contribution in [2.75, 3.05) is 5.73 Å². The lowest BCUT2D eigenvalue weighted by Crippen LogP contribution is -2.24. The lowest BCUT2D eigenvalue weighted by Gasteiger charge is -2.10. The number of benzene rings is 1. The molecule has 2 rings (SSSR count). The quantitative estimate of drug-likeness (QED) is 0.737. The average Bonchev–Trinajstić information content (AvgIpc) is 2.27. The molecule has 0 aliphatic carbocycles. The molecular weight excluding hydrogens is 256 g/mol. The van der Waals surface area contributed by atoms with Gasteiger partial charge in [0.2, 0.25) is 0 Å². The summed E-state index contributed by atoms with van der Waals surface area (Å²) in [5.74, 6) is -1.73. The molecule has 18 heavy (non-hydrogen) atoms. The van der Waals surface area contributed by atoms with E-state index in [0.717, 1.165) is 0 Å². The second-order valence-electron chi connectivity index (χ2n) is 3.64. The highest BCUT2D eigenvalue weighted by molar-refractivity contribution is 6.31. The molecule has 0 aliphatic heterocycles. The van der Waals surface area contributed by atoms with Crippen molar-refractivity contribution in [3.05, 3.63) is 34.5 Å². The molecule has 0 spiro atoms. The number of hydrogen-bond donors (Lipinski definition) is 3. The van der Waals surface area contributed by atoms with Gasteiger partial charge in [0.1, 0.15) is 5.69 Å². The minimum atomic E-state index is -0.877. The van der Waals surface area contributed by atoms with E-state index in [-0.39, 0.29) is 16.9 Å². The Morgan fingerprint density at radius 2 is 1.83 bits per heavy atom. The number of carbonyl (C=O) groups is 2. The zero-order valence-electron chi connectivity index (χ0n) is 9.11. The van der Waals surface area contributed by atoms with Crippen LogP contribution in [0.4, 0.5) is 5.69 Å². The molecule has 0 atom stereocenters. The van der Waals surface area contributed by atoms with E-state index in [2.05, 4.69) is 4.98 Å². The molecular formula is C11H9ClN4O2. The van der Waals surface area contributed by atoms with Crippen molar-refractivity contribution >= 4 is 40.0 Å². The van der Waals surface area contributed by atoms with Crippen LogP contribution in [0, 0.1) is 0 Å². The van der Waals surface area contributed by atoms with Crippen molar-refractivity contribution in [2.45, 2.75) is 0 Å². The number of pyridine rings is 1. The van der Waals surface area contributed by atoms with Crippen LogP contribution in [-0.4, -0.2) is 16.8 Å². The maximum atomic E-state index is 11.3. The highest BCUT2D eigenvalue weighted by atomic mass is 35.5. The van der Waals surface area contributed by atoms with Crippen LogP contribution in [0.1, 0.15) is 20.8 Å². The molecule has 2 amide bonds. The summed E-state index contributed by atoms with van der Waals surface area (Å²) in [5, 5.41) is 0.912. The van der Waals surface area contributed by atoms with Gasteiger partial charge in [-0.15, -0.1) is 0 Å². The molecule has 0 aliphatic rings. The summed E-state index contributed by atoms with van der Waals surface area (Å²) in [6.07, 6.45) is 0. The van der Waals surface area contributed by atoms with Gasteiger partial charge in [-0.3, -0.25) is 9.59 Å². The third kappa shape index (κ3) is 1.82. The Bertz CT molecular complexity index is 684. The topological polar surface area (TPSA) is 125 Å². The summed E-state index contributed by atoms with van der Waals surface area (Å²) in [6, 6.07) is 4.71. The number of nitrogen functional groups attached to an aromatic ring is 1. The normalized spacial score (nSPS) is 10.5. The lowest BCUT2D eigenvalue weighted by atomic mass is 10.1. The summed E-state index contributed by atoms with van der Waals surface area (Å²) in [4.78, 5) is 26.6. The molecule has 2 aromatic rings. The van der Waals surface area contributed by atoms with Gasteiger partial charge in [-0.05, 0) is 18.2 Å². The Labute approximate surface area is 107 Å². The Balaban J connectivity index is 2.94. The summed E-state index contributed by atoms with van der Waals surface area (Å²) < 4.78 is 0. The molecule has 92 valence electrons. The monoisotopic (exact) mass is 264 g/mol. The number of nitrogens with two attached hydrogens (primary N) is 3. The third-order valence-electron chi connectivity index (χ3n) is 2.47. The van der Waals surface area contributed by atoms with E-state index in [0.29, 0.717) is 15.9 Å². The number of aromatic nitrogens is 1. The van der Waals surface area contributed by atoms with E-state index in [9.17, 15) is 9.59 Å². The van der Waals surface area contributed by atoms with Gasteiger partial charge in [0, 0.05) is 10.4 Å². The number of amides is 2. The minimum absolute atomic E-state index is 0.0676. The van der Waals surface area contributed by atoms with Crippen LogP contribution in [0.5, 0.6) is 0 Å². The van der Waals surface area contributed by atoms with Gasteiger partial charge in [-0.2, -0.15) is 0 Å². The zero-order chi connectivity index (χ0) is 13.4. The number of fused-ring (bicyclic) bond motifs is 1. The third-order valence-corrected chi connectivity index (χ3v) is 2.70. The van der Waals surface area contributed by atoms with Gasteiger partial charge in [0.05, 0.1) is 16.8 Å². The molecule has 6 nitrogen and oxygen atoms in total. The van der Waals surface area contributed by atoms with E-state index in [4.69, 9.17) is 28.8 Å². The zero-order valence-corrected chi connectivity index (χ0v) is 9.86. The summed E-state index contributed by atoms with van der Waals surface area (Å²) in [6.45, 7) is 0. The molecule has 0 saturated heterocycles. The fourth-order valence-corrected chi connectivity index (χ4v) is 1.86. The fraction of sp³-hybridized carbons (Fsp3) is 0. The van der Waals surface area contributed by atoms with Crippen molar-refractivity contribution in [1.82, 2.24) is 4.98 Å². The highest BCUT2D eigenvalue weighted by Gasteiger charge is 2.20. The van der Waals surface area contributed by atoms with Crippen molar-refractivity contribution in [2.24, 2.45) is 11.5 Å². The second kappa shape index (κ2) is 4.15. The SMILES string of the molecule is NC(=O)c1nc2cc(Cl)ccc2c(N)c1C(N)=O. The van der Waals surface area contributed by atoms with Crippen molar-refractivity contribution in [3.8, 4) is 0 Å². The maximum Gasteiger partial charge on any atom is 0.268 e. The van der Waals surface area contributed by atoms with Crippen LogP contribution < -0.4 is 17.2 Å². The maximum absolute atomic E-state index is 11.3. The number of halogens is 1. The van der Waals surface area contributed by atoms with Crippen LogP contribution >= 0.6 is 11.6 Å². The van der Waals surface area contributed by atoms with E-state index >= 15 is 0 Å². The van der Waals surface area contributed by atoms with Crippen molar-refractivity contribution < 1.29 is 9.59 Å². The van der Waals surface area contributed by atoms with Crippen LogP contribution in [0.15, 0.2) is 18.2 Å². The highest BCUT2D eigenvalue weighted by Crippen LogP contribution is 2.27. The van der Waals surface area contributed by atoms with Crippen molar-refractivity contribution in [1.29, 1.82) is 0 Å². The standard InChI is InChI=1S/C11H9ClN4O2/c12-4-1-2-5-6(3-4)16-9(11(15)18)7(8(5)13)10(14)17/h1-3H,(H2,13,16)(H2,14,17)(H2,15,18). The number of rotatable bonds is 2. The van der Waals surface area contributed by atoms with Gasteiger partial charge in [-0.25, -0.2) is 4.98 Å². The Morgan fingerprint density at radius 1 is 1.17 bits per heavy atom. The lowest BCUT2D eigenvalue weighted by molar-refractivity contribution is 0.0964. The summed E-state index contributed by atoms with van der Waals surface area (Å²) in [5.41, 5.74) is 16.2. The molecule has 0 unspecified atom stereocenters. The molecule has 1 heterocycles. The molecule has 1 aromatic carbocycles. The largest absolute Gasteiger partial charge is 0.397 e. The average molecular weight is 265 g/mol. The van der Waals surface area contributed by atoms with Crippen LogP contribution in [0.25, 0.3) is 10.9 Å². The fourth-order valence-electron chi connectivity index (χ4n) is 1.69. The first-order valence-corrected chi connectivity index (χ1v) is 5.28. The number of nitrogens with zero attached hydrogens (tertiary/aromatic N) is 1. The molecule has 0 saturated carbocycles. The molecule has 0 fully saturated rings. The predicted molar refractivity (Wildman–Crippen MR) is 68.2 cm³/mol. The van der Waals surface area contributed by atoms with Gasteiger partial charge in [0.15, 0.2) is 0 Å². The summed E-state index contributed by atoms with van der Waals surface area (Å²) in [7, 11) is 0. The second-order valence-corrected chi connectivity index (χ2v) is 4.08. The summed E-state index contributed by atoms with van der Waals surface area (Å²) >= 11 is 5.82. The molecule has 6 N–H and O–H groups in total. The van der Waals surface area contributed by atoms with Gasteiger partial charge >= 0.3 is 0 Å². The smallest absolute Gasteiger partial charge is 0.268 e. The first-order valence-electron chi connectivity index (χ1n) is 4.90. The number of carbonyl (C=O) groups excluding carboxylic acids is 2. The first-order chi connectivity index (χ1) is 8.41. The van der Waals surface area contributed by atoms with E-state index < -0.39 is 11.8 Å². The van der Waals surface area contributed by atoms with Gasteiger partial charge in [0.25, 0.3) is 11.8 Å². The molecule has 1 aromatic heterocycles. The first kappa shape index (κ1) is 12.1.